The number of hydrogen-bond acceptors (Lipinski definition) is 3. The van der Waals surface area contributed by atoms with Gasteiger partial charge in [-0.25, -0.2) is 4.98 Å². The molecule has 1 N–H and O–H groups in total. The molecule has 3 nitrogen and oxygen atoms in total. The van der Waals surface area contributed by atoms with Crippen LogP contribution in [0.5, 0.6) is 5.88 Å². The predicted molar refractivity (Wildman–Crippen MR) is 63.0 cm³/mol. The summed E-state index contributed by atoms with van der Waals surface area (Å²) in [5.74, 6) is -0.313. The van der Waals surface area contributed by atoms with Crippen LogP contribution in [-0.2, 0) is 6.18 Å². The Morgan fingerprint density at radius 1 is 1.28 bits per heavy atom. The Labute approximate surface area is 109 Å². The number of halogens is 4. The standard InChI is InChI=1S/C11H13F3N2O.ClH/c12-11(13,14)9-2-1-5-16-10(9)17-8-3-6-15-7-4-8;/h1-2,5,8,15H,3-4,6-7H2;1H. The van der Waals surface area contributed by atoms with Gasteiger partial charge in [-0.3, -0.25) is 0 Å². The largest absolute Gasteiger partial charge is 0.474 e. The zero-order valence-corrected chi connectivity index (χ0v) is 10.4. The Balaban J connectivity index is 0.00000162. The highest BCUT2D eigenvalue weighted by atomic mass is 35.5. The lowest BCUT2D eigenvalue weighted by molar-refractivity contribution is -0.139. The number of nitrogens with one attached hydrogen (secondary N) is 1. The van der Waals surface area contributed by atoms with Gasteiger partial charge in [0.25, 0.3) is 0 Å². The monoisotopic (exact) mass is 282 g/mol. The molecule has 1 fully saturated rings. The predicted octanol–water partition coefficient (Wildman–Crippen LogP) is 2.65. The number of alkyl halides is 3. The Hall–Kier alpha value is -1.01. The van der Waals surface area contributed by atoms with Gasteiger partial charge in [-0.1, -0.05) is 0 Å². The first-order valence-electron chi connectivity index (χ1n) is 5.47. The zero-order valence-electron chi connectivity index (χ0n) is 9.54. The second-order valence-electron chi connectivity index (χ2n) is 3.92. The molecule has 2 heterocycles. The second kappa shape index (κ2) is 6.24. The van der Waals surface area contributed by atoms with Crippen LogP contribution in [0.25, 0.3) is 0 Å². The topological polar surface area (TPSA) is 34.1 Å². The van der Waals surface area contributed by atoms with Gasteiger partial charge in [0.1, 0.15) is 11.7 Å². The van der Waals surface area contributed by atoms with Crippen LogP contribution in [-0.4, -0.2) is 24.2 Å². The maximum absolute atomic E-state index is 12.7. The Morgan fingerprint density at radius 3 is 2.56 bits per heavy atom. The van der Waals surface area contributed by atoms with E-state index in [1.165, 1.54) is 12.3 Å². The van der Waals surface area contributed by atoms with Crippen molar-refractivity contribution in [1.82, 2.24) is 10.3 Å². The third kappa shape index (κ3) is 3.74. The molecule has 1 aliphatic rings. The normalized spacial score (nSPS) is 17.1. The summed E-state index contributed by atoms with van der Waals surface area (Å²) in [7, 11) is 0. The van der Waals surface area contributed by atoms with Gasteiger partial charge in [-0.2, -0.15) is 13.2 Å². The maximum atomic E-state index is 12.7. The molecule has 0 bridgehead atoms. The highest BCUT2D eigenvalue weighted by molar-refractivity contribution is 5.85. The summed E-state index contributed by atoms with van der Waals surface area (Å²) in [6, 6.07) is 2.25. The summed E-state index contributed by atoms with van der Waals surface area (Å²) in [4.78, 5) is 3.68. The van der Waals surface area contributed by atoms with Crippen LogP contribution in [0, 0.1) is 0 Å². The molecule has 0 saturated carbocycles. The number of aromatic nitrogens is 1. The van der Waals surface area contributed by atoms with Gasteiger partial charge in [0.05, 0.1) is 0 Å². The molecule has 1 aromatic rings. The average Bonchev–Trinajstić information content (AvgIpc) is 2.30. The van der Waals surface area contributed by atoms with Crippen molar-refractivity contribution in [2.24, 2.45) is 0 Å². The Bertz CT molecular complexity index is 381. The van der Waals surface area contributed by atoms with Crippen LogP contribution < -0.4 is 10.1 Å². The lowest BCUT2D eigenvalue weighted by Gasteiger charge is -2.24. The second-order valence-corrected chi connectivity index (χ2v) is 3.92. The van der Waals surface area contributed by atoms with E-state index in [0.29, 0.717) is 12.8 Å². The Morgan fingerprint density at radius 2 is 1.94 bits per heavy atom. The van der Waals surface area contributed by atoms with Gasteiger partial charge < -0.3 is 10.1 Å². The SMILES string of the molecule is Cl.FC(F)(F)c1cccnc1OC1CCNCC1. The fraction of sp³-hybridized carbons (Fsp3) is 0.545. The van der Waals surface area contributed by atoms with Gasteiger partial charge >= 0.3 is 6.18 Å². The minimum Gasteiger partial charge on any atom is -0.474 e. The molecule has 102 valence electrons. The third-order valence-electron chi connectivity index (χ3n) is 2.64. The number of piperidine rings is 1. The smallest absolute Gasteiger partial charge is 0.421 e. The van der Waals surface area contributed by atoms with Crippen molar-refractivity contribution in [3.05, 3.63) is 23.9 Å². The molecule has 0 amide bonds. The number of rotatable bonds is 2. The van der Waals surface area contributed by atoms with Crippen molar-refractivity contribution < 1.29 is 17.9 Å². The molecule has 0 aromatic carbocycles. The van der Waals surface area contributed by atoms with Crippen LogP contribution >= 0.6 is 12.4 Å². The average molecular weight is 283 g/mol. The quantitative estimate of drug-likeness (QED) is 0.905. The van der Waals surface area contributed by atoms with Gasteiger partial charge in [-0.05, 0) is 38.1 Å². The van der Waals surface area contributed by atoms with E-state index < -0.39 is 11.7 Å². The molecular formula is C11H14ClF3N2O. The van der Waals surface area contributed by atoms with Crippen molar-refractivity contribution in [3.63, 3.8) is 0 Å². The molecule has 1 aliphatic heterocycles. The molecule has 2 rings (SSSR count). The Kier molecular flexibility index (Phi) is 5.22. The highest BCUT2D eigenvalue weighted by Gasteiger charge is 2.35. The summed E-state index contributed by atoms with van der Waals surface area (Å²) >= 11 is 0. The van der Waals surface area contributed by atoms with Crippen LogP contribution in [0.1, 0.15) is 18.4 Å². The summed E-state index contributed by atoms with van der Waals surface area (Å²) < 4.78 is 43.4. The van der Waals surface area contributed by atoms with Crippen LogP contribution in [0.15, 0.2) is 18.3 Å². The van der Waals surface area contributed by atoms with Crippen molar-refractivity contribution in [1.29, 1.82) is 0 Å². The number of pyridine rings is 1. The van der Waals surface area contributed by atoms with E-state index in [2.05, 4.69) is 10.3 Å². The van der Waals surface area contributed by atoms with Crippen LogP contribution in [0.4, 0.5) is 13.2 Å². The minimum absolute atomic E-state index is 0. The minimum atomic E-state index is -4.42. The fourth-order valence-electron chi connectivity index (χ4n) is 1.77. The first-order valence-corrected chi connectivity index (χ1v) is 5.47. The molecule has 18 heavy (non-hydrogen) atoms. The van der Waals surface area contributed by atoms with E-state index in [4.69, 9.17) is 4.74 Å². The lowest BCUT2D eigenvalue weighted by Crippen LogP contribution is -2.34. The molecule has 0 aliphatic carbocycles. The molecule has 0 spiro atoms. The molecule has 0 unspecified atom stereocenters. The van der Waals surface area contributed by atoms with E-state index in [1.807, 2.05) is 0 Å². The summed E-state index contributed by atoms with van der Waals surface area (Å²) in [6.45, 7) is 1.53. The van der Waals surface area contributed by atoms with Gasteiger partial charge in [-0.15, -0.1) is 12.4 Å². The number of nitrogens with zero attached hydrogens (tertiary/aromatic N) is 1. The third-order valence-corrected chi connectivity index (χ3v) is 2.64. The van der Waals surface area contributed by atoms with Crippen molar-refractivity contribution in [3.8, 4) is 5.88 Å². The van der Waals surface area contributed by atoms with Crippen molar-refractivity contribution in [2.45, 2.75) is 25.1 Å². The van der Waals surface area contributed by atoms with E-state index >= 15 is 0 Å². The summed E-state index contributed by atoms with van der Waals surface area (Å²) in [5, 5.41) is 3.12. The maximum Gasteiger partial charge on any atom is 0.421 e. The molecule has 0 atom stereocenters. The van der Waals surface area contributed by atoms with E-state index in [9.17, 15) is 13.2 Å². The van der Waals surface area contributed by atoms with Crippen molar-refractivity contribution in [2.75, 3.05) is 13.1 Å². The number of hydrogen-bond donors (Lipinski definition) is 1. The van der Waals surface area contributed by atoms with Gasteiger partial charge in [0.15, 0.2) is 0 Å². The van der Waals surface area contributed by atoms with E-state index in [-0.39, 0.29) is 24.4 Å². The summed E-state index contributed by atoms with van der Waals surface area (Å²) in [6.07, 6.45) is -1.89. The van der Waals surface area contributed by atoms with Gasteiger partial charge in [0, 0.05) is 6.20 Å². The van der Waals surface area contributed by atoms with Crippen LogP contribution in [0.2, 0.25) is 0 Å². The first kappa shape index (κ1) is 15.0. The van der Waals surface area contributed by atoms with E-state index in [1.54, 1.807) is 0 Å². The highest BCUT2D eigenvalue weighted by Crippen LogP contribution is 2.35. The van der Waals surface area contributed by atoms with Gasteiger partial charge in [0.2, 0.25) is 5.88 Å². The number of ether oxygens (including phenoxy) is 1. The fourth-order valence-corrected chi connectivity index (χ4v) is 1.77. The van der Waals surface area contributed by atoms with Crippen molar-refractivity contribution >= 4 is 12.4 Å². The molecule has 1 saturated heterocycles. The van der Waals surface area contributed by atoms with E-state index in [0.717, 1.165) is 19.2 Å². The molecule has 1 aromatic heterocycles. The zero-order chi connectivity index (χ0) is 12.3. The molecule has 0 radical (unpaired) electrons. The lowest BCUT2D eigenvalue weighted by atomic mass is 10.1. The first-order chi connectivity index (χ1) is 8.07. The van der Waals surface area contributed by atoms with Crippen LogP contribution in [0.3, 0.4) is 0 Å². The molecular weight excluding hydrogens is 269 g/mol. The summed E-state index contributed by atoms with van der Waals surface area (Å²) in [5.41, 5.74) is -0.807. The molecule has 7 heteroatoms.